The monoisotopic (exact) mass is 248 g/mol. The summed E-state index contributed by atoms with van der Waals surface area (Å²) in [6, 6.07) is 0.608. The number of hydrogen-bond acceptors (Lipinski definition) is 3. The van der Waals surface area contributed by atoms with E-state index in [2.05, 4.69) is 24.1 Å². The van der Waals surface area contributed by atoms with Gasteiger partial charge in [-0.15, -0.1) is 12.4 Å². The lowest BCUT2D eigenvalue weighted by molar-refractivity contribution is -0.0800. The maximum absolute atomic E-state index is 5.91. The van der Waals surface area contributed by atoms with E-state index in [1.165, 1.54) is 25.8 Å². The predicted molar refractivity (Wildman–Crippen MR) is 69.0 cm³/mol. The molecule has 4 heteroatoms. The van der Waals surface area contributed by atoms with Gasteiger partial charge in [0.2, 0.25) is 0 Å². The van der Waals surface area contributed by atoms with Crippen LogP contribution in [0.4, 0.5) is 0 Å². The first-order valence-corrected chi connectivity index (χ1v) is 6.40. The van der Waals surface area contributed by atoms with E-state index in [4.69, 9.17) is 4.74 Å². The fourth-order valence-corrected chi connectivity index (χ4v) is 2.70. The first kappa shape index (κ1) is 14.2. The minimum atomic E-state index is 0. The first-order valence-electron chi connectivity index (χ1n) is 6.40. The second kappa shape index (κ2) is 6.80. The smallest absolute Gasteiger partial charge is 0.123 e. The molecule has 3 unspecified atom stereocenters. The summed E-state index contributed by atoms with van der Waals surface area (Å²) in [5.41, 5.74) is 0. The molecule has 2 fully saturated rings. The van der Waals surface area contributed by atoms with Gasteiger partial charge in [-0.3, -0.25) is 10.2 Å². The second-order valence-corrected chi connectivity index (χ2v) is 4.96. The van der Waals surface area contributed by atoms with Crippen molar-refractivity contribution in [3.8, 4) is 0 Å². The van der Waals surface area contributed by atoms with E-state index in [0.29, 0.717) is 12.0 Å². The number of nitrogens with one attached hydrogen (secondary N) is 1. The van der Waals surface area contributed by atoms with Gasteiger partial charge < -0.3 is 4.74 Å². The van der Waals surface area contributed by atoms with E-state index in [9.17, 15) is 0 Å². The van der Waals surface area contributed by atoms with Crippen molar-refractivity contribution in [3.63, 3.8) is 0 Å². The van der Waals surface area contributed by atoms with E-state index in [-0.39, 0.29) is 18.6 Å². The van der Waals surface area contributed by atoms with Crippen molar-refractivity contribution in [2.45, 2.75) is 45.4 Å². The molecule has 2 rings (SSSR count). The molecule has 96 valence electrons. The molecule has 0 amide bonds. The number of hydrogen-bond donors (Lipinski definition) is 1. The van der Waals surface area contributed by atoms with Gasteiger partial charge in [-0.1, -0.05) is 20.3 Å². The SMILES string of the molecule is CCN1CCCCC1C1NCC(C)CO1.Cl. The zero-order chi connectivity index (χ0) is 10.7. The van der Waals surface area contributed by atoms with Crippen molar-refractivity contribution in [2.24, 2.45) is 5.92 Å². The van der Waals surface area contributed by atoms with Gasteiger partial charge in [0.05, 0.1) is 6.61 Å². The Balaban J connectivity index is 0.00000128. The molecule has 0 spiro atoms. The van der Waals surface area contributed by atoms with Crippen LogP contribution in [0.2, 0.25) is 0 Å². The van der Waals surface area contributed by atoms with Crippen LogP contribution in [0.5, 0.6) is 0 Å². The molecule has 0 radical (unpaired) electrons. The minimum Gasteiger partial charge on any atom is -0.361 e. The Hall–Kier alpha value is 0.170. The largest absolute Gasteiger partial charge is 0.361 e. The van der Waals surface area contributed by atoms with Crippen LogP contribution >= 0.6 is 12.4 Å². The molecule has 3 atom stereocenters. The highest BCUT2D eigenvalue weighted by Gasteiger charge is 2.31. The summed E-state index contributed by atoms with van der Waals surface area (Å²) >= 11 is 0. The highest BCUT2D eigenvalue weighted by atomic mass is 35.5. The molecule has 0 aliphatic carbocycles. The fourth-order valence-electron chi connectivity index (χ4n) is 2.70. The van der Waals surface area contributed by atoms with Crippen LogP contribution < -0.4 is 5.32 Å². The van der Waals surface area contributed by atoms with E-state index < -0.39 is 0 Å². The number of ether oxygens (including phenoxy) is 1. The number of nitrogens with zero attached hydrogens (tertiary/aromatic N) is 1. The Kier molecular flexibility index (Phi) is 6.05. The van der Waals surface area contributed by atoms with Gasteiger partial charge >= 0.3 is 0 Å². The van der Waals surface area contributed by atoms with Crippen molar-refractivity contribution in [1.82, 2.24) is 10.2 Å². The van der Waals surface area contributed by atoms with Gasteiger partial charge in [0, 0.05) is 12.6 Å². The van der Waals surface area contributed by atoms with Gasteiger partial charge in [-0.05, 0) is 31.8 Å². The van der Waals surface area contributed by atoms with Crippen LogP contribution in [-0.4, -0.2) is 43.4 Å². The van der Waals surface area contributed by atoms with Gasteiger partial charge in [-0.25, -0.2) is 0 Å². The summed E-state index contributed by atoms with van der Waals surface area (Å²) in [6.07, 6.45) is 4.28. The lowest BCUT2D eigenvalue weighted by atomic mass is 9.99. The average Bonchev–Trinajstić information content (AvgIpc) is 2.30. The van der Waals surface area contributed by atoms with Crippen molar-refractivity contribution in [2.75, 3.05) is 26.2 Å². The molecule has 2 heterocycles. The maximum atomic E-state index is 5.91. The van der Waals surface area contributed by atoms with Crippen LogP contribution in [-0.2, 0) is 4.74 Å². The summed E-state index contributed by atoms with van der Waals surface area (Å²) in [7, 11) is 0. The van der Waals surface area contributed by atoms with Crippen molar-refractivity contribution >= 4 is 12.4 Å². The molecule has 0 aromatic carbocycles. The van der Waals surface area contributed by atoms with Gasteiger partial charge in [-0.2, -0.15) is 0 Å². The van der Waals surface area contributed by atoms with Crippen LogP contribution in [0.3, 0.4) is 0 Å². The molecule has 2 saturated heterocycles. The van der Waals surface area contributed by atoms with E-state index in [1.54, 1.807) is 0 Å². The minimum absolute atomic E-state index is 0. The molecule has 2 aliphatic heterocycles. The van der Waals surface area contributed by atoms with Crippen molar-refractivity contribution < 1.29 is 4.74 Å². The number of likely N-dealkylation sites (tertiary alicyclic amines) is 1. The zero-order valence-corrected chi connectivity index (χ0v) is 11.3. The Morgan fingerprint density at radius 3 is 2.81 bits per heavy atom. The van der Waals surface area contributed by atoms with Crippen molar-refractivity contribution in [3.05, 3.63) is 0 Å². The molecule has 16 heavy (non-hydrogen) atoms. The summed E-state index contributed by atoms with van der Waals surface area (Å²) in [6.45, 7) is 8.93. The Labute approximate surface area is 105 Å². The molecule has 0 aromatic rings. The van der Waals surface area contributed by atoms with E-state index in [1.807, 2.05) is 0 Å². The van der Waals surface area contributed by atoms with E-state index >= 15 is 0 Å². The molecule has 0 aromatic heterocycles. The lowest BCUT2D eigenvalue weighted by Crippen LogP contribution is -2.56. The zero-order valence-electron chi connectivity index (χ0n) is 10.4. The van der Waals surface area contributed by atoms with Crippen LogP contribution in [0.25, 0.3) is 0 Å². The molecule has 2 aliphatic rings. The third-order valence-electron chi connectivity index (χ3n) is 3.65. The molecule has 0 bridgehead atoms. The molecular weight excluding hydrogens is 224 g/mol. The summed E-state index contributed by atoms with van der Waals surface area (Å²) in [5.74, 6) is 0.667. The van der Waals surface area contributed by atoms with Crippen LogP contribution in [0.15, 0.2) is 0 Å². The van der Waals surface area contributed by atoms with Gasteiger partial charge in [0.1, 0.15) is 6.23 Å². The quantitative estimate of drug-likeness (QED) is 0.808. The standard InChI is InChI=1S/C12H24N2O.ClH/c1-3-14-7-5-4-6-11(14)12-13-8-10(2)9-15-12;/h10-13H,3-9H2,1-2H3;1H. The average molecular weight is 249 g/mol. The third kappa shape index (κ3) is 3.33. The highest BCUT2D eigenvalue weighted by Crippen LogP contribution is 2.22. The topological polar surface area (TPSA) is 24.5 Å². The third-order valence-corrected chi connectivity index (χ3v) is 3.65. The fraction of sp³-hybridized carbons (Fsp3) is 1.00. The summed E-state index contributed by atoms with van der Waals surface area (Å²) < 4.78 is 5.91. The Bertz CT molecular complexity index is 195. The Morgan fingerprint density at radius 1 is 1.38 bits per heavy atom. The lowest BCUT2D eigenvalue weighted by Gasteiger charge is -2.42. The van der Waals surface area contributed by atoms with Crippen LogP contribution in [0, 0.1) is 5.92 Å². The highest BCUT2D eigenvalue weighted by molar-refractivity contribution is 5.85. The van der Waals surface area contributed by atoms with Crippen molar-refractivity contribution in [1.29, 1.82) is 0 Å². The maximum Gasteiger partial charge on any atom is 0.123 e. The van der Waals surface area contributed by atoms with Gasteiger partial charge in [0.25, 0.3) is 0 Å². The molecular formula is C12H25ClN2O. The number of piperidine rings is 1. The first-order chi connectivity index (χ1) is 7.31. The second-order valence-electron chi connectivity index (χ2n) is 4.96. The summed E-state index contributed by atoms with van der Waals surface area (Å²) in [5, 5.41) is 3.54. The molecule has 0 saturated carbocycles. The predicted octanol–water partition coefficient (Wildman–Crippen LogP) is 1.86. The Morgan fingerprint density at radius 2 is 2.19 bits per heavy atom. The normalized spacial score (nSPS) is 36.8. The molecule has 3 nitrogen and oxygen atoms in total. The van der Waals surface area contributed by atoms with Crippen LogP contribution in [0.1, 0.15) is 33.1 Å². The number of rotatable bonds is 2. The summed E-state index contributed by atoms with van der Waals surface area (Å²) in [4.78, 5) is 2.57. The van der Waals surface area contributed by atoms with E-state index in [0.717, 1.165) is 19.7 Å². The molecule has 1 N–H and O–H groups in total. The van der Waals surface area contributed by atoms with Gasteiger partial charge in [0.15, 0.2) is 0 Å². The number of likely N-dealkylation sites (N-methyl/N-ethyl adjacent to an activating group) is 1. The number of halogens is 1.